The molecule has 1 heterocycles. The number of nitrogens with zero attached hydrogens (tertiary/aromatic N) is 2. The number of hydrogen-bond donors (Lipinski definition) is 1. The molecule has 0 radical (unpaired) electrons. The summed E-state index contributed by atoms with van der Waals surface area (Å²) in [6.45, 7) is 3.95. The number of rotatable bonds is 3. The second-order valence-electron chi connectivity index (χ2n) is 3.48. The fourth-order valence-corrected chi connectivity index (χ4v) is 3.06. The van der Waals surface area contributed by atoms with Crippen molar-refractivity contribution in [2.45, 2.75) is 29.7 Å². The van der Waals surface area contributed by atoms with Crippen molar-refractivity contribution in [3.63, 3.8) is 0 Å². The average Bonchev–Trinajstić information content (AvgIpc) is 2.67. The van der Waals surface area contributed by atoms with Crippen molar-refractivity contribution in [1.82, 2.24) is 9.36 Å². The lowest BCUT2D eigenvalue weighted by molar-refractivity contribution is 0.279. The fraction of sp³-hybridized carbons (Fsp3) is 0.273. The summed E-state index contributed by atoms with van der Waals surface area (Å²) in [4.78, 5) is 5.34. The van der Waals surface area contributed by atoms with Crippen molar-refractivity contribution < 1.29 is 5.11 Å². The number of aliphatic hydroxyl groups is 1. The van der Waals surface area contributed by atoms with Crippen LogP contribution in [0.3, 0.4) is 0 Å². The Morgan fingerprint density at radius 1 is 1.38 bits per heavy atom. The first-order chi connectivity index (χ1) is 7.69. The second kappa shape index (κ2) is 4.95. The maximum absolute atomic E-state index is 9.28. The lowest BCUT2D eigenvalue weighted by Crippen LogP contribution is -1.88. The molecule has 0 aliphatic heterocycles. The minimum Gasteiger partial charge on any atom is -0.392 e. The molecule has 1 aromatic carbocycles. The summed E-state index contributed by atoms with van der Waals surface area (Å²) in [5, 5.41) is 9.28. The van der Waals surface area contributed by atoms with Crippen LogP contribution in [0.2, 0.25) is 0 Å². The Hall–Kier alpha value is -0.910. The van der Waals surface area contributed by atoms with E-state index in [4.69, 9.17) is 0 Å². The Balaban J connectivity index is 2.27. The number of hydrogen-bond acceptors (Lipinski definition) is 5. The van der Waals surface area contributed by atoms with Crippen LogP contribution in [-0.2, 0) is 6.61 Å². The maximum atomic E-state index is 9.28. The second-order valence-corrected chi connectivity index (χ2v) is 5.52. The van der Waals surface area contributed by atoms with Crippen molar-refractivity contribution in [2.24, 2.45) is 0 Å². The van der Waals surface area contributed by atoms with Gasteiger partial charge in [0, 0.05) is 4.90 Å². The average molecular weight is 252 g/mol. The van der Waals surface area contributed by atoms with E-state index in [1.165, 1.54) is 11.5 Å². The molecule has 0 unspecified atom stereocenters. The van der Waals surface area contributed by atoms with E-state index in [2.05, 4.69) is 9.36 Å². The molecular formula is C11H12N2OS2. The van der Waals surface area contributed by atoms with Gasteiger partial charge in [0.15, 0.2) is 4.34 Å². The van der Waals surface area contributed by atoms with Crippen LogP contribution in [0.15, 0.2) is 27.4 Å². The Labute approximate surface area is 103 Å². The van der Waals surface area contributed by atoms with Gasteiger partial charge >= 0.3 is 0 Å². The standard InChI is InChI=1S/C11H12N2OS2/c1-7-3-4-10(9(5-7)6-14)15-11-12-8(2)13-16-11/h3-5,14H,6H2,1-2H3. The number of benzene rings is 1. The largest absolute Gasteiger partial charge is 0.392 e. The van der Waals surface area contributed by atoms with Crippen LogP contribution in [0, 0.1) is 13.8 Å². The van der Waals surface area contributed by atoms with Crippen molar-refractivity contribution in [3.05, 3.63) is 35.2 Å². The van der Waals surface area contributed by atoms with E-state index >= 15 is 0 Å². The molecule has 2 aromatic rings. The molecule has 1 aromatic heterocycles. The quantitative estimate of drug-likeness (QED) is 0.912. The van der Waals surface area contributed by atoms with Gasteiger partial charge < -0.3 is 5.11 Å². The van der Waals surface area contributed by atoms with Gasteiger partial charge in [-0.05, 0) is 37.0 Å². The fourth-order valence-electron chi connectivity index (χ4n) is 1.34. The highest BCUT2D eigenvalue weighted by Gasteiger charge is 2.07. The first-order valence-corrected chi connectivity index (χ1v) is 6.46. The first kappa shape index (κ1) is 11.6. The molecule has 0 saturated heterocycles. The predicted octanol–water partition coefficient (Wildman–Crippen LogP) is 2.80. The van der Waals surface area contributed by atoms with Crippen molar-refractivity contribution in [2.75, 3.05) is 0 Å². The predicted molar refractivity (Wildman–Crippen MR) is 65.9 cm³/mol. The molecule has 0 atom stereocenters. The number of aliphatic hydroxyl groups excluding tert-OH is 1. The van der Waals surface area contributed by atoms with Crippen LogP contribution in [0.1, 0.15) is 17.0 Å². The number of aromatic nitrogens is 2. The SMILES string of the molecule is Cc1ccc(Sc2nc(C)ns2)c(CO)c1. The zero-order valence-corrected chi connectivity index (χ0v) is 10.7. The van der Waals surface area contributed by atoms with Gasteiger partial charge in [0.2, 0.25) is 0 Å². The summed E-state index contributed by atoms with van der Waals surface area (Å²) in [7, 11) is 0. The topological polar surface area (TPSA) is 46.0 Å². The molecule has 0 fully saturated rings. The van der Waals surface area contributed by atoms with Crippen molar-refractivity contribution in [3.8, 4) is 0 Å². The van der Waals surface area contributed by atoms with E-state index in [1.54, 1.807) is 11.8 Å². The van der Waals surface area contributed by atoms with Crippen LogP contribution in [-0.4, -0.2) is 14.5 Å². The molecule has 0 aliphatic carbocycles. The van der Waals surface area contributed by atoms with Crippen molar-refractivity contribution in [1.29, 1.82) is 0 Å². The summed E-state index contributed by atoms with van der Waals surface area (Å²) in [6.07, 6.45) is 0. The van der Waals surface area contributed by atoms with Gasteiger partial charge in [-0.25, -0.2) is 4.98 Å². The Morgan fingerprint density at radius 2 is 2.19 bits per heavy atom. The van der Waals surface area contributed by atoms with Crippen LogP contribution >= 0.6 is 23.3 Å². The molecule has 0 amide bonds. The summed E-state index contributed by atoms with van der Waals surface area (Å²) in [5.74, 6) is 0.796. The minimum absolute atomic E-state index is 0.0573. The monoisotopic (exact) mass is 252 g/mol. The molecule has 1 N–H and O–H groups in total. The number of aryl methyl sites for hydroxylation is 2. The lowest BCUT2D eigenvalue weighted by Gasteiger charge is -2.05. The molecule has 84 valence electrons. The molecule has 5 heteroatoms. The molecule has 0 bridgehead atoms. The molecule has 0 spiro atoms. The highest BCUT2D eigenvalue weighted by atomic mass is 32.2. The Bertz CT molecular complexity index is 496. The lowest BCUT2D eigenvalue weighted by atomic mass is 10.1. The highest BCUT2D eigenvalue weighted by molar-refractivity contribution is 8.01. The van der Waals surface area contributed by atoms with E-state index in [-0.39, 0.29) is 6.61 Å². The third-order valence-corrected chi connectivity index (χ3v) is 4.05. The van der Waals surface area contributed by atoms with Crippen LogP contribution in [0.4, 0.5) is 0 Å². The summed E-state index contributed by atoms with van der Waals surface area (Å²) < 4.78 is 5.05. The zero-order chi connectivity index (χ0) is 11.5. The van der Waals surface area contributed by atoms with Gasteiger partial charge in [-0.15, -0.1) is 0 Å². The third kappa shape index (κ3) is 2.61. The van der Waals surface area contributed by atoms with E-state index in [9.17, 15) is 5.11 Å². The Morgan fingerprint density at radius 3 is 2.81 bits per heavy atom. The third-order valence-electron chi connectivity index (χ3n) is 2.09. The molecule has 3 nitrogen and oxygen atoms in total. The summed E-state index contributed by atoms with van der Waals surface area (Å²) in [5.41, 5.74) is 2.10. The van der Waals surface area contributed by atoms with Crippen molar-refractivity contribution >= 4 is 23.3 Å². The van der Waals surface area contributed by atoms with Gasteiger partial charge in [0.05, 0.1) is 6.61 Å². The van der Waals surface area contributed by atoms with E-state index in [0.29, 0.717) is 0 Å². The van der Waals surface area contributed by atoms with E-state index in [0.717, 1.165) is 26.2 Å². The summed E-state index contributed by atoms with van der Waals surface area (Å²) in [6, 6.07) is 6.05. The maximum Gasteiger partial charge on any atom is 0.174 e. The molecule has 2 rings (SSSR count). The minimum atomic E-state index is 0.0573. The van der Waals surface area contributed by atoms with E-state index < -0.39 is 0 Å². The molecular weight excluding hydrogens is 240 g/mol. The van der Waals surface area contributed by atoms with Crippen LogP contribution in [0.5, 0.6) is 0 Å². The highest BCUT2D eigenvalue weighted by Crippen LogP contribution is 2.32. The van der Waals surface area contributed by atoms with Gasteiger partial charge in [0.25, 0.3) is 0 Å². The molecule has 16 heavy (non-hydrogen) atoms. The van der Waals surface area contributed by atoms with Crippen LogP contribution in [0.25, 0.3) is 0 Å². The smallest absolute Gasteiger partial charge is 0.174 e. The van der Waals surface area contributed by atoms with Gasteiger partial charge in [-0.2, -0.15) is 4.37 Å². The zero-order valence-electron chi connectivity index (χ0n) is 9.10. The van der Waals surface area contributed by atoms with Gasteiger partial charge in [-0.3, -0.25) is 0 Å². The summed E-state index contributed by atoms with van der Waals surface area (Å²) >= 11 is 2.94. The first-order valence-electron chi connectivity index (χ1n) is 4.87. The Kier molecular flexibility index (Phi) is 3.58. The van der Waals surface area contributed by atoms with E-state index in [1.807, 2.05) is 32.0 Å². The van der Waals surface area contributed by atoms with Crippen LogP contribution < -0.4 is 0 Å². The molecule has 0 saturated carbocycles. The van der Waals surface area contributed by atoms with Gasteiger partial charge in [0.1, 0.15) is 5.82 Å². The normalized spacial score (nSPS) is 10.7. The van der Waals surface area contributed by atoms with Gasteiger partial charge in [-0.1, -0.05) is 29.5 Å². The molecule has 0 aliphatic rings.